The van der Waals surface area contributed by atoms with Crippen LogP contribution in [0.1, 0.15) is 29.8 Å². The summed E-state index contributed by atoms with van der Waals surface area (Å²) in [5.41, 5.74) is 1.41. The number of nitrogens with one attached hydrogen (secondary N) is 1. The number of amides is 1. The van der Waals surface area contributed by atoms with Gasteiger partial charge in [0, 0.05) is 12.7 Å². The van der Waals surface area contributed by atoms with Crippen LogP contribution >= 0.6 is 11.6 Å². The zero-order valence-electron chi connectivity index (χ0n) is 16.9. The van der Waals surface area contributed by atoms with Gasteiger partial charge in [0.1, 0.15) is 23.2 Å². The van der Waals surface area contributed by atoms with Gasteiger partial charge in [-0.3, -0.25) is 9.59 Å². The van der Waals surface area contributed by atoms with Crippen LogP contribution in [0.25, 0.3) is 10.9 Å². The SMILES string of the molecule is CCOc1ccc(CCNC(=O)c2cn3c4c(ccc(Cl)c4c2=O)O[C@H](C)C3)cc1. The maximum Gasteiger partial charge on any atom is 0.256 e. The van der Waals surface area contributed by atoms with Crippen LogP contribution in [0.4, 0.5) is 0 Å². The van der Waals surface area contributed by atoms with Crippen molar-refractivity contribution < 1.29 is 14.3 Å². The second-order valence-electron chi connectivity index (χ2n) is 7.30. The van der Waals surface area contributed by atoms with E-state index in [0.29, 0.717) is 47.8 Å². The zero-order valence-corrected chi connectivity index (χ0v) is 17.7. The van der Waals surface area contributed by atoms with E-state index in [-0.39, 0.29) is 17.1 Å². The van der Waals surface area contributed by atoms with Gasteiger partial charge in [-0.25, -0.2) is 0 Å². The van der Waals surface area contributed by atoms with Crippen LogP contribution in [0.3, 0.4) is 0 Å². The van der Waals surface area contributed by atoms with Crippen LogP contribution in [0.2, 0.25) is 5.02 Å². The number of rotatable bonds is 6. The molecule has 0 radical (unpaired) electrons. The van der Waals surface area contributed by atoms with E-state index in [2.05, 4.69) is 5.32 Å². The predicted octanol–water partition coefficient (Wildman–Crippen LogP) is 3.81. The largest absolute Gasteiger partial charge is 0.494 e. The summed E-state index contributed by atoms with van der Waals surface area (Å²) in [6.45, 7) is 5.45. The average Bonchev–Trinajstić information content (AvgIpc) is 2.72. The number of ether oxygens (including phenoxy) is 2. The topological polar surface area (TPSA) is 69.6 Å². The highest BCUT2D eigenvalue weighted by Gasteiger charge is 2.24. The third-order valence-electron chi connectivity index (χ3n) is 5.09. The molecule has 30 heavy (non-hydrogen) atoms. The Morgan fingerprint density at radius 3 is 2.77 bits per heavy atom. The van der Waals surface area contributed by atoms with Crippen molar-refractivity contribution in [1.82, 2.24) is 9.88 Å². The quantitative estimate of drug-likeness (QED) is 0.650. The van der Waals surface area contributed by atoms with E-state index >= 15 is 0 Å². The van der Waals surface area contributed by atoms with Crippen LogP contribution in [0, 0.1) is 0 Å². The van der Waals surface area contributed by atoms with Gasteiger partial charge in [0.2, 0.25) is 5.43 Å². The highest BCUT2D eigenvalue weighted by atomic mass is 35.5. The second kappa shape index (κ2) is 8.40. The van der Waals surface area contributed by atoms with Crippen molar-refractivity contribution in [3.05, 3.63) is 69.0 Å². The minimum absolute atomic E-state index is 0.0695. The first-order valence-corrected chi connectivity index (χ1v) is 10.4. The summed E-state index contributed by atoms with van der Waals surface area (Å²) in [6, 6.07) is 11.1. The summed E-state index contributed by atoms with van der Waals surface area (Å²) in [6.07, 6.45) is 2.19. The highest BCUT2D eigenvalue weighted by Crippen LogP contribution is 2.33. The average molecular weight is 427 g/mol. The number of nitrogens with zero attached hydrogens (tertiary/aromatic N) is 1. The van der Waals surface area contributed by atoms with Crippen LogP contribution in [0.5, 0.6) is 11.5 Å². The fraction of sp³-hybridized carbons (Fsp3) is 0.304. The molecule has 3 aromatic rings. The molecule has 1 aliphatic heterocycles. The summed E-state index contributed by atoms with van der Waals surface area (Å²) in [5, 5.41) is 3.48. The monoisotopic (exact) mass is 426 g/mol. The Morgan fingerprint density at radius 1 is 1.27 bits per heavy atom. The molecule has 7 heteroatoms. The first-order valence-electron chi connectivity index (χ1n) is 10.00. The lowest BCUT2D eigenvalue weighted by atomic mass is 10.1. The van der Waals surface area contributed by atoms with Gasteiger partial charge in [0.15, 0.2) is 0 Å². The first-order chi connectivity index (χ1) is 14.5. The molecule has 1 N–H and O–H groups in total. The molecule has 2 aromatic carbocycles. The molecule has 1 aromatic heterocycles. The Morgan fingerprint density at radius 2 is 2.03 bits per heavy atom. The molecule has 0 saturated carbocycles. The molecular weight excluding hydrogens is 404 g/mol. The minimum atomic E-state index is -0.405. The van der Waals surface area contributed by atoms with Gasteiger partial charge in [-0.05, 0) is 50.1 Å². The molecule has 0 unspecified atom stereocenters. The third-order valence-corrected chi connectivity index (χ3v) is 5.41. The molecule has 4 rings (SSSR count). The van der Waals surface area contributed by atoms with E-state index in [1.54, 1.807) is 18.3 Å². The lowest BCUT2D eigenvalue weighted by Gasteiger charge is -2.26. The van der Waals surface area contributed by atoms with E-state index in [9.17, 15) is 9.59 Å². The third kappa shape index (κ3) is 3.87. The van der Waals surface area contributed by atoms with Crippen molar-refractivity contribution in [2.45, 2.75) is 32.9 Å². The van der Waals surface area contributed by atoms with Gasteiger partial charge in [-0.15, -0.1) is 0 Å². The Balaban J connectivity index is 1.54. The fourth-order valence-electron chi connectivity index (χ4n) is 3.73. The van der Waals surface area contributed by atoms with Crippen LogP contribution < -0.4 is 20.2 Å². The molecule has 0 spiro atoms. The molecule has 6 nitrogen and oxygen atoms in total. The molecule has 156 valence electrons. The van der Waals surface area contributed by atoms with Crippen molar-refractivity contribution in [2.24, 2.45) is 0 Å². The van der Waals surface area contributed by atoms with Crippen molar-refractivity contribution in [3.8, 4) is 11.5 Å². The van der Waals surface area contributed by atoms with E-state index < -0.39 is 5.91 Å². The Bertz CT molecular complexity index is 1150. The number of benzene rings is 2. The number of hydrogen-bond donors (Lipinski definition) is 1. The Hall–Kier alpha value is -2.99. The Labute approximate surface area is 179 Å². The summed E-state index contributed by atoms with van der Waals surface area (Å²) >= 11 is 6.31. The number of aromatic nitrogens is 1. The van der Waals surface area contributed by atoms with Crippen LogP contribution in [0.15, 0.2) is 47.4 Å². The second-order valence-corrected chi connectivity index (χ2v) is 7.71. The van der Waals surface area contributed by atoms with Gasteiger partial charge in [0.05, 0.1) is 29.1 Å². The lowest BCUT2D eigenvalue weighted by Crippen LogP contribution is -2.33. The molecular formula is C23H23ClN2O4. The van der Waals surface area contributed by atoms with Gasteiger partial charge < -0.3 is 19.4 Å². The van der Waals surface area contributed by atoms with Gasteiger partial charge in [0.25, 0.3) is 5.91 Å². The fourth-order valence-corrected chi connectivity index (χ4v) is 3.97. The smallest absolute Gasteiger partial charge is 0.256 e. The van der Waals surface area contributed by atoms with Crippen LogP contribution in [-0.4, -0.2) is 29.7 Å². The van der Waals surface area contributed by atoms with Crippen LogP contribution in [-0.2, 0) is 13.0 Å². The number of halogens is 1. The van der Waals surface area contributed by atoms with Crippen molar-refractivity contribution in [1.29, 1.82) is 0 Å². The van der Waals surface area contributed by atoms with Crippen molar-refractivity contribution in [3.63, 3.8) is 0 Å². The van der Waals surface area contributed by atoms with Crippen molar-refractivity contribution in [2.75, 3.05) is 13.2 Å². The van der Waals surface area contributed by atoms with E-state index in [1.165, 1.54) is 0 Å². The van der Waals surface area contributed by atoms with Gasteiger partial charge in [-0.2, -0.15) is 0 Å². The zero-order chi connectivity index (χ0) is 21.3. The summed E-state index contributed by atoms with van der Waals surface area (Å²) in [7, 11) is 0. The molecule has 0 aliphatic carbocycles. The normalized spacial score (nSPS) is 15.0. The summed E-state index contributed by atoms with van der Waals surface area (Å²) in [4.78, 5) is 25.8. The molecule has 2 heterocycles. The Kier molecular flexibility index (Phi) is 5.68. The molecule has 0 fully saturated rings. The highest BCUT2D eigenvalue weighted by molar-refractivity contribution is 6.35. The van der Waals surface area contributed by atoms with E-state index in [1.807, 2.05) is 42.7 Å². The van der Waals surface area contributed by atoms with Crippen molar-refractivity contribution >= 4 is 28.4 Å². The molecule has 1 atom stereocenters. The predicted molar refractivity (Wildman–Crippen MR) is 117 cm³/mol. The first kappa shape index (κ1) is 20.3. The standard InChI is InChI=1S/C23H23ClN2O4/c1-3-29-16-6-4-15(5-7-16)10-11-25-23(28)17-13-26-12-14(2)30-19-9-8-18(24)20(21(19)26)22(17)27/h4-9,13-14H,3,10-12H2,1-2H3,(H,25,28)/t14-/m1/s1. The molecule has 0 bridgehead atoms. The van der Waals surface area contributed by atoms with Gasteiger partial charge in [-0.1, -0.05) is 23.7 Å². The lowest BCUT2D eigenvalue weighted by molar-refractivity contribution is 0.0951. The summed E-state index contributed by atoms with van der Waals surface area (Å²) < 4.78 is 13.1. The van der Waals surface area contributed by atoms with E-state index in [4.69, 9.17) is 21.1 Å². The molecule has 1 amide bonds. The number of hydrogen-bond acceptors (Lipinski definition) is 4. The number of carbonyl (C=O) groups is 1. The molecule has 0 saturated heterocycles. The number of carbonyl (C=O) groups excluding carboxylic acids is 1. The maximum absolute atomic E-state index is 13.0. The van der Waals surface area contributed by atoms with E-state index in [0.717, 1.165) is 11.3 Å². The summed E-state index contributed by atoms with van der Waals surface area (Å²) in [5.74, 6) is 1.02. The minimum Gasteiger partial charge on any atom is -0.494 e. The van der Waals surface area contributed by atoms with Gasteiger partial charge >= 0.3 is 0 Å². The number of pyridine rings is 1. The maximum atomic E-state index is 13.0. The molecule has 1 aliphatic rings.